The number of aryl methyl sites for hydroxylation is 1. The lowest BCUT2D eigenvalue weighted by molar-refractivity contribution is -0.139. The van der Waals surface area contributed by atoms with Gasteiger partial charge in [-0.1, -0.05) is 43.3 Å². The van der Waals surface area contributed by atoms with Crippen molar-refractivity contribution >= 4 is 27.5 Å². The van der Waals surface area contributed by atoms with E-state index >= 15 is 0 Å². The molecule has 0 aliphatic heterocycles. The Balaban J connectivity index is 2.44. The molecule has 0 spiro atoms. The number of para-hydroxylation sites is 1. The molecule has 1 atom stereocenters. The predicted molar refractivity (Wildman–Crippen MR) is 128 cm³/mol. The molecule has 1 N–H and O–H groups in total. The number of anilines is 1. The van der Waals surface area contributed by atoms with Crippen LogP contribution in [0.4, 0.5) is 10.1 Å². The minimum absolute atomic E-state index is 0.158. The number of amides is 2. The van der Waals surface area contributed by atoms with E-state index in [4.69, 9.17) is 0 Å². The van der Waals surface area contributed by atoms with Crippen molar-refractivity contribution < 1.29 is 22.4 Å². The number of nitrogens with one attached hydrogen (secondary N) is 1. The zero-order chi connectivity index (χ0) is 24.8. The summed E-state index contributed by atoms with van der Waals surface area (Å²) >= 11 is 0. The van der Waals surface area contributed by atoms with E-state index in [-0.39, 0.29) is 18.2 Å². The molecule has 1 unspecified atom stereocenters. The zero-order valence-corrected chi connectivity index (χ0v) is 20.5. The molecule has 2 amide bonds. The first-order valence-corrected chi connectivity index (χ1v) is 12.7. The lowest BCUT2D eigenvalue weighted by atomic mass is 10.1. The van der Waals surface area contributed by atoms with Gasteiger partial charge in [0.1, 0.15) is 18.4 Å². The summed E-state index contributed by atoms with van der Waals surface area (Å²) in [5, 5.41) is 2.75. The second-order valence-electron chi connectivity index (χ2n) is 8.20. The molecule has 9 heteroatoms. The molecule has 2 aromatic rings. The number of hydrogen-bond donors (Lipinski definition) is 1. The summed E-state index contributed by atoms with van der Waals surface area (Å²) in [6, 6.07) is 11.8. The van der Waals surface area contributed by atoms with Gasteiger partial charge in [-0.15, -0.1) is 0 Å². The summed E-state index contributed by atoms with van der Waals surface area (Å²) in [6.07, 6.45) is 1.60. The van der Waals surface area contributed by atoms with Crippen LogP contribution in [0.2, 0.25) is 0 Å². The Morgan fingerprint density at radius 2 is 1.58 bits per heavy atom. The minimum atomic E-state index is -3.81. The molecule has 2 aromatic carbocycles. The van der Waals surface area contributed by atoms with Gasteiger partial charge in [0.25, 0.3) is 0 Å². The predicted octanol–water partition coefficient (Wildman–Crippen LogP) is 3.10. The van der Waals surface area contributed by atoms with E-state index in [1.165, 1.54) is 23.1 Å². The number of halogens is 1. The van der Waals surface area contributed by atoms with E-state index in [0.717, 1.165) is 16.1 Å². The summed E-state index contributed by atoms with van der Waals surface area (Å²) < 4.78 is 40.7. The zero-order valence-electron chi connectivity index (χ0n) is 19.7. The summed E-state index contributed by atoms with van der Waals surface area (Å²) in [5.41, 5.74) is 1.40. The molecule has 7 nitrogen and oxygen atoms in total. The van der Waals surface area contributed by atoms with Crippen molar-refractivity contribution in [1.82, 2.24) is 10.2 Å². The molecule has 0 saturated heterocycles. The van der Waals surface area contributed by atoms with E-state index < -0.39 is 40.2 Å². The van der Waals surface area contributed by atoms with Gasteiger partial charge in [0.2, 0.25) is 21.8 Å². The van der Waals surface area contributed by atoms with Crippen LogP contribution in [0.3, 0.4) is 0 Å². The summed E-state index contributed by atoms with van der Waals surface area (Å²) in [4.78, 5) is 27.3. The van der Waals surface area contributed by atoms with Crippen molar-refractivity contribution in [2.24, 2.45) is 0 Å². The van der Waals surface area contributed by atoms with Gasteiger partial charge in [0.05, 0.1) is 11.9 Å². The maximum Gasteiger partial charge on any atom is 0.244 e. The highest BCUT2D eigenvalue weighted by molar-refractivity contribution is 7.92. The Morgan fingerprint density at radius 1 is 1.00 bits per heavy atom. The fraction of sp³-hybridized carbons (Fsp3) is 0.417. The Hall–Kier alpha value is -2.94. The first-order chi connectivity index (χ1) is 15.5. The van der Waals surface area contributed by atoms with Gasteiger partial charge in [-0.05, 0) is 44.9 Å². The monoisotopic (exact) mass is 477 g/mol. The molecule has 180 valence electrons. The first-order valence-electron chi connectivity index (χ1n) is 10.8. The van der Waals surface area contributed by atoms with Crippen molar-refractivity contribution in [1.29, 1.82) is 0 Å². The maximum atomic E-state index is 14.4. The molecule has 0 aliphatic carbocycles. The van der Waals surface area contributed by atoms with Gasteiger partial charge in [-0.3, -0.25) is 13.9 Å². The van der Waals surface area contributed by atoms with Gasteiger partial charge >= 0.3 is 0 Å². The van der Waals surface area contributed by atoms with Crippen LogP contribution in [0.25, 0.3) is 0 Å². The van der Waals surface area contributed by atoms with Crippen molar-refractivity contribution in [2.75, 3.05) is 17.1 Å². The van der Waals surface area contributed by atoms with Crippen molar-refractivity contribution in [3.8, 4) is 0 Å². The SMILES string of the molecule is CCc1ccccc1N(CC(=O)N(Cc1ccccc1F)C(C)C(=O)NC(C)C)S(C)(=O)=O. The Bertz CT molecular complexity index is 1090. The third-order valence-corrected chi connectivity index (χ3v) is 6.34. The smallest absolute Gasteiger partial charge is 0.244 e. The minimum Gasteiger partial charge on any atom is -0.352 e. The number of carbonyl (C=O) groups is 2. The number of carbonyl (C=O) groups excluding carboxylic acids is 2. The maximum absolute atomic E-state index is 14.4. The molecule has 0 aromatic heterocycles. The molecule has 33 heavy (non-hydrogen) atoms. The largest absolute Gasteiger partial charge is 0.352 e. The normalized spacial score (nSPS) is 12.3. The highest BCUT2D eigenvalue weighted by atomic mass is 32.2. The number of benzene rings is 2. The number of hydrogen-bond acceptors (Lipinski definition) is 4. The summed E-state index contributed by atoms with van der Waals surface area (Å²) in [5.74, 6) is -1.53. The number of sulfonamides is 1. The molecular formula is C24H32FN3O4S. The van der Waals surface area contributed by atoms with Crippen LogP contribution in [0.5, 0.6) is 0 Å². The molecule has 0 heterocycles. The molecule has 2 rings (SSSR count). The van der Waals surface area contributed by atoms with Crippen LogP contribution in [0, 0.1) is 5.82 Å². The average molecular weight is 478 g/mol. The molecule has 0 fully saturated rings. The number of nitrogens with zero attached hydrogens (tertiary/aromatic N) is 2. The van der Waals surface area contributed by atoms with Crippen molar-refractivity contribution in [3.05, 3.63) is 65.5 Å². The van der Waals surface area contributed by atoms with E-state index in [1.807, 2.05) is 6.92 Å². The van der Waals surface area contributed by atoms with E-state index in [2.05, 4.69) is 5.32 Å². The Morgan fingerprint density at radius 3 is 2.12 bits per heavy atom. The highest BCUT2D eigenvalue weighted by Gasteiger charge is 2.31. The van der Waals surface area contributed by atoms with E-state index in [1.54, 1.807) is 51.1 Å². The second-order valence-corrected chi connectivity index (χ2v) is 10.1. The van der Waals surface area contributed by atoms with Gasteiger partial charge < -0.3 is 10.2 Å². The quantitative estimate of drug-likeness (QED) is 0.570. The second kappa shape index (κ2) is 11.3. The topological polar surface area (TPSA) is 86.8 Å². The molecular weight excluding hydrogens is 445 g/mol. The van der Waals surface area contributed by atoms with Crippen LogP contribution in [-0.2, 0) is 32.6 Å². The van der Waals surface area contributed by atoms with E-state index in [9.17, 15) is 22.4 Å². The third kappa shape index (κ3) is 7.02. The summed E-state index contributed by atoms with van der Waals surface area (Å²) in [6.45, 7) is 6.33. The summed E-state index contributed by atoms with van der Waals surface area (Å²) in [7, 11) is -3.81. The lowest BCUT2D eigenvalue weighted by Crippen LogP contribution is -2.52. The third-order valence-electron chi connectivity index (χ3n) is 5.22. The lowest BCUT2D eigenvalue weighted by Gasteiger charge is -2.32. The standard InChI is InChI=1S/C24H32FN3O4S/c1-6-19-11-8-10-14-22(19)28(33(5,31)32)16-23(29)27(18(4)24(30)26-17(2)3)15-20-12-7-9-13-21(20)25/h7-14,17-18H,6,15-16H2,1-5H3,(H,26,30). The fourth-order valence-electron chi connectivity index (χ4n) is 3.45. The average Bonchev–Trinajstić information content (AvgIpc) is 2.75. The molecule has 0 bridgehead atoms. The molecule has 0 aliphatic rings. The first kappa shape index (κ1) is 26.3. The molecule has 0 saturated carbocycles. The number of rotatable bonds is 10. The van der Waals surface area contributed by atoms with Gasteiger partial charge in [0, 0.05) is 18.2 Å². The van der Waals surface area contributed by atoms with Gasteiger partial charge in [-0.25, -0.2) is 12.8 Å². The fourth-order valence-corrected chi connectivity index (χ4v) is 4.33. The molecule has 0 radical (unpaired) electrons. The van der Waals surface area contributed by atoms with Gasteiger partial charge in [0.15, 0.2) is 0 Å². The highest BCUT2D eigenvalue weighted by Crippen LogP contribution is 2.24. The van der Waals surface area contributed by atoms with Crippen LogP contribution in [0.1, 0.15) is 38.8 Å². The van der Waals surface area contributed by atoms with E-state index in [0.29, 0.717) is 12.1 Å². The van der Waals surface area contributed by atoms with Crippen LogP contribution < -0.4 is 9.62 Å². The van der Waals surface area contributed by atoms with Crippen LogP contribution in [0.15, 0.2) is 48.5 Å². The van der Waals surface area contributed by atoms with Crippen LogP contribution >= 0.6 is 0 Å². The Labute approximate surface area is 195 Å². The van der Waals surface area contributed by atoms with Crippen LogP contribution in [-0.4, -0.2) is 50.0 Å². The van der Waals surface area contributed by atoms with Gasteiger partial charge in [-0.2, -0.15) is 0 Å². The van der Waals surface area contributed by atoms with Crippen molar-refractivity contribution in [3.63, 3.8) is 0 Å². The van der Waals surface area contributed by atoms with Crippen molar-refractivity contribution in [2.45, 2.75) is 52.7 Å². The Kier molecular flexibility index (Phi) is 8.99.